The molecule has 17 heavy (non-hydrogen) atoms. The molecule has 0 unspecified atom stereocenters. The van der Waals surface area contributed by atoms with Crippen molar-refractivity contribution < 1.29 is 0 Å². The molecule has 1 heterocycles. The van der Waals surface area contributed by atoms with E-state index in [1.54, 1.807) is 0 Å². The largest absolute Gasteiger partial charge is 0.367 e. The molecule has 1 fully saturated rings. The fourth-order valence-electron chi connectivity index (χ4n) is 2.30. The molecule has 0 aliphatic heterocycles. The number of hydrogen-bond donors (Lipinski definition) is 1. The molecule has 0 amide bonds. The molecule has 90 valence electrons. The third kappa shape index (κ3) is 2.89. The van der Waals surface area contributed by atoms with Crippen LogP contribution in [0.3, 0.4) is 0 Å². The summed E-state index contributed by atoms with van der Waals surface area (Å²) in [5.74, 6) is 0.790. The Morgan fingerprint density at radius 3 is 2.71 bits per heavy atom. The van der Waals surface area contributed by atoms with Crippen molar-refractivity contribution in [2.75, 3.05) is 5.32 Å². The van der Waals surface area contributed by atoms with E-state index in [9.17, 15) is 0 Å². The molecule has 1 aromatic heterocycles. The van der Waals surface area contributed by atoms with Crippen LogP contribution >= 0.6 is 11.6 Å². The van der Waals surface area contributed by atoms with Gasteiger partial charge in [-0.1, -0.05) is 30.9 Å². The van der Waals surface area contributed by atoms with Gasteiger partial charge in [0.1, 0.15) is 17.0 Å². The van der Waals surface area contributed by atoms with E-state index in [0.29, 0.717) is 16.8 Å². The van der Waals surface area contributed by atoms with Gasteiger partial charge in [-0.25, -0.2) is 4.98 Å². The van der Waals surface area contributed by atoms with E-state index in [-0.39, 0.29) is 0 Å². The summed E-state index contributed by atoms with van der Waals surface area (Å²) in [6.07, 6.45) is 6.27. The lowest BCUT2D eigenvalue weighted by Gasteiger charge is -2.23. The Kier molecular flexibility index (Phi) is 3.86. The molecule has 0 atom stereocenters. The van der Waals surface area contributed by atoms with Crippen molar-refractivity contribution in [3.05, 3.63) is 22.3 Å². The summed E-state index contributed by atoms with van der Waals surface area (Å²) in [7, 11) is 0. The molecule has 0 bridgehead atoms. The molecular weight excluding hydrogens is 234 g/mol. The van der Waals surface area contributed by atoms with Crippen molar-refractivity contribution >= 4 is 17.4 Å². The number of nitrogens with zero attached hydrogens (tertiary/aromatic N) is 2. The van der Waals surface area contributed by atoms with Gasteiger partial charge in [-0.3, -0.25) is 0 Å². The Hall–Kier alpha value is -1.27. The zero-order chi connectivity index (χ0) is 12.3. The number of hydrogen-bond acceptors (Lipinski definition) is 3. The third-order valence-corrected chi connectivity index (χ3v) is 3.51. The fourth-order valence-corrected chi connectivity index (χ4v) is 2.58. The minimum absolute atomic E-state index is 0.297. The van der Waals surface area contributed by atoms with Gasteiger partial charge in [0.2, 0.25) is 0 Å². The van der Waals surface area contributed by atoms with Crippen molar-refractivity contribution in [1.82, 2.24) is 4.98 Å². The maximum absolute atomic E-state index is 8.92. The quantitative estimate of drug-likeness (QED) is 0.814. The summed E-state index contributed by atoms with van der Waals surface area (Å²) in [6, 6.07) is 4.47. The molecule has 1 aromatic rings. The van der Waals surface area contributed by atoms with E-state index in [0.717, 1.165) is 11.4 Å². The van der Waals surface area contributed by atoms with Gasteiger partial charge in [-0.15, -0.1) is 0 Å². The number of aryl methyl sites for hydroxylation is 1. The zero-order valence-corrected chi connectivity index (χ0v) is 10.7. The highest BCUT2D eigenvalue weighted by Crippen LogP contribution is 2.24. The van der Waals surface area contributed by atoms with Crippen LogP contribution in [0.25, 0.3) is 0 Å². The number of rotatable bonds is 2. The molecule has 1 aliphatic carbocycles. The highest BCUT2D eigenvalue weighted by molar-refractivity contribution is 6.30. The highest BCUT2D eigenvalue weighted by Gasteiger charge is 2.15. The Bertz CT molecular complexity index is 421. The maximum Gasteiger partial charge on any atom is 0.149 e. The normalized spacial score (nSPS) is 16.5. The average Bonchev–Trinajstić information content (AvgIpc) is 2.30. The van der Waals surface area contributed by atoms with Crippen LogP contribution in [0.5, 0.6) is 0 Å². The predicted octanol–water partition coefficient (Wildman–Crippen LogP) is 3.66. The second-order valence-corrected chi connectivity index (χ2v) is 4.94. The Morgan fingerprint density at radius 1 is 1.41 bits per heavy atom. The van der Waals surface area contributed by atoms with Crippen molar-refractivity contribution in [3.63, 3.8) is 0 Å². The molecule has 0 aromatic carbocycles. The van der Waals surface area contributed by atoms with Gasteiger partial charge in [0.15, 0.2) is 0 Å². The SMILES string of the molecule is Cc1cc(NC2CCCCC2)nc(Cl)c1C#N. The zero-order valence-electron chi connectivity index (χ0n) is 9.96. The van der Waals surface area contributed by atoms with Crippen LogP contribution < -0.4 is 5.32 Å². The number of nitrogens with one attached hydrogen (secondary N) is 1. The summed E-state index contributed by atoms with van der Waals surface area (Å²) in [6.45, 7) is 1.89. The van der Waals surface area contributed by atoms with Crippen LogP contribution in [-0.2, 0) is 0 Å². The van der Waals surface area contributed by atoms with Gasteiger partial charge < -0.3 is 5.32 Å². The van der Waals surface area contributed by atoms with Gasteiger partial charge in [0.25, 0.3) is 0 Å². The lowest BCUT2D eigenvalue weighted by Crippen LogP contribution is -2.22. The van der Waals surface area contributed by atoms with Crippen molar-refractivity contribution in [2.45, 2.75) is 45.1 Å². The molecule has 1 N–H and O–H groups in total. The monoisotopic (exact) mass is 249 g/mol. The topological polar surface area (TPSA) is 48.7 Å². The first-order chi connectivity index (χ1) is 8.20. The summed E-state index contributed by atoms with van der Waals surface area (Å²) >= 11 is 5.98. The van der Waals surface area contributed by atoms with Crippen LogP contribution in [0.2, 0.25) is 5.15 Å². The Balaban J connectivity index is 2.14. The van der Waals surface area contributed by atoms with E-state index in [2.05, 4.69) is 16.4 Å². The molecular formula is C13H16ClN3. The number of aromatic nitrogens is 1. The first kappa shape index (κ1) is 12.2. The van der Waals surface area contributed by atoms with Gasteiger partial charge in [-0.2, -0.15) is 5.26 Å². The van der Waals surface area contributed by atoms with Crippen LogP contribution in [-0.4, -0.2) is 11.0 Å². The number of anilines is 1. The summed E-state index contributed by atoms with van der Waals surface area (Å²) in [5, 5.41) is 12.6. The second-order valence-electron chi connectivity index (χ2n) is 4.58. The van der Waals surface area contributed by atoms with Crippen LogP contribution in [0, 0.1) is 18.3 Å². The first-order valence-electron chi connectivity index (χ1n) is 6.04. The van der Waals surface area contributed by atoms with Crippen molar-refractivity contribution in [3.8, 4) is 6.07 Å². The summed E-state index contributed by atoms with van der Waals surface area (Å²) in [4.78, 5) is 4.23. The van der Waals surface area contributed by atoms with Crippen molar-refractivity contribution in [1.29, 1.82) is 5.26 Å². The van der Waals surface area contributed by atoms with Gasteiger partial charge in [0, 0.05) is 6.04 Å². The number of nitriles is 1. The van der Waals surface area contributed by atoms with Gasteiger partial charge >= 0.3 is 0 Å². The Morgan fingerprint density at radius 2 is 2.12 bits per heavy atom. The number of pyridine rings is 1. The lowest BCUT2D eigenvalue weighted by molar-refractivity contribution is 0.462. The minimum Gasteiger partial charge on any atom is -0.367 e. The molecule has 4 heteroatoms. The maximum atomic E-state index is 8.92. The summed E-state index contributed by atoms with van der Waals surface area (Å²) in [5.41, 5.74) is 1.35. The molecule has 0 spiro atoms. The summed E-state index contributed by atoms with van der Waals surface area (Å²) < 4.78 is 0. The fraction of sp³-hybridized carbons (Fsp3) is 0.538. The smallest absolute Gasteiger partial charge is 0.149 e. The third-order valence-electron chi connectivity index (χ3n) is 3.24. The molecule has 0 radical (unpaired) electrons. The number of halogens is 1. The van der Waals surface area contributed by atoms with E-state index < -0.39 is 0 Å². The highest BCUT2D eigenvalue weighted by atomic mass is 35.5. The predicted molar refractivity (Wildman–Crippen MR) is 69.2 cm³/mol. The lowest BCUT2D eigenvalue weighted by atomic mass is 9.95. The second kappa shape index (κ2) is 5.37. The van der Waals surface area contributed by atoms with E-state index in [1.165, 1.54) is 32.1 Å². The molecule has 1 aliphatic rings. The minimum atomic E-state index is 0.297. The van der Waals surface area contributed by atoms with Gasteiger partial charge in [0.05, 0.1) is 5.56 Å². The van der Waals surface area contributed by atoms with Crippen molar-refractivity contribution in [2.24, 2.45) is 0 Å². The average molecular weight is 250 g/mol. The molecule has 0 saturated heterocycles. The van der Waals surface area contributed by atoms with Crippen LogP contribution in [0.15, 0.2) is 6.07 Å². The Labute approximate surface area is 107 Å². The first-order valence-corrected chi connectivity index (χ1v) is 6.42. The molecule has 1 saturated carbocycles. The van der Waals surface area contributed by atoms with Crippen LogP contribution in [0.4, 0.5) is 5.82 Å². The molecule has 3 nitrogen and oxygen atoms in total. The van der Waals surface area contributed by atoms with Gasteiger partial charge in [-0.05, 0) is 31.4 Å². The van der Waals surface area contributed by atoms with E-state index in [1.807, 2.05) is 13.0 Å². The molecule has 2 rings (SSSR count). The van der Waals surface area contributed by atoms with Crippen LogP contribution in [0.1, 0.15) is 43.2 Å². The van der Waals surface area contributed by atoms with E-state index in [4.69, 9.17) is 16.9 Å². The standard InChI is InChI=1S/C13H16ClN3/c1-9-7-12(17-13(14)11(9)8-15)16-10-5-3-2-4-6-10/h7,10H,2-6H2,1H3,(H,16,17). The van der Waals surface area contributed by atoms with E-state index >= 15 is 0 Å².